The van der Waals surface area contributed by atoms with Crippen molar-refractivity contribution < 1.29 is 0 Å². The van der Waals surface area contributed by atoms with Crippen LogP contribution in [-0.4, -0.2) is 0 Å². The molecule has 0 heteroatoms. The highest BCUT2D eigenvalue weighted by Crippen LogP contribution is 2.63. The van der Waals surface area contributed by atoms with Gasteiger partial charge >= 0.3 is 0 Å². The van der Waals surface area contributed by atoms with Crippen molar-refractivity contribution in [3.63, 3.8) is 0 Å². The second kappa shape index (κ2) is 15.1. The van der Waals surface area contributed by atoms with Gasteiger partial charge in [0.15, 0.2) is 0 Å². The van der Waals surface area contributed by atoms with E-state index in [2.05, 4.69) is 220 Å². The Labute approximate surface area is 372 Å². The van der Waals surface area contributed by atoms with E-state index < -0.39 is 0 Å². The van der Waals surface area contributed by atoms with Gasteiger partial charge in [0.25, 0.3) is 0 Å². The number of allylic oxidation sites excluding steroid dienone is 5. The van der Waals surface area contributed by atoms with Crippen LogP contribution in [0, 0.1) is 5.92 Å². The lowest BCUT2D eigenvalue weighted by atomic mass is 9.69. The molecule has 0 nitrogen and oxygen atoms in total. The largest absolute Gasteiger partial charge is 0.0622 e. The predicted octanol–water partition coefficient (Wildman–Crippen LogP) is 16.6. The number of benzene rings is 8. The molecule has 0 radical (unpaired) electrons. The standard InChI is InChI=1S/C63H50/c1-63(2)54-33-19-18-31-49(54)60-48(32-20-34-55(60)63)43-35-37-47(38-36-43)58-57(45-27-14-6-15-28-45)59(46-29-16-7-17-30-46)62-56(44-25-12-5-13-26-44)52-39-50(41-21-8-3-9-22-41)51(40-53(52)61(58)62)42-23-10-4-11-24-42/h3-17,20-30,32,34-40,49,54H,18-19,31,33H2,1-2H3. The molecule has 2 atom stereocenters. The van der Waals surface area contributed by atoms with E-state index in [9.17, 15) is 0 Å². The normalized spacial score (nSPS) is 18.3. The maximum atomic E-state index is 2.51. The van der Waals surface area contributed by atoms with Crippen LogP contribution in [0.1, 0.15) is 90.0 Å². The van der Waals surface area contributed by atoms with Crippen LogP contribution in [-0.2, 0) is 5.41 Å². The average Bonchev–Trinajstić information content (AvgIpc) is 3.95. The lowest BCUT2D eigenvalue weighted by Gasteiger charge is -2.35. The van der Waals surface area contributed by atoms with E-state index in [1.54, 1.807) is 11.1 Å². The van der Waals surface area contributed by atoms with Gasteiger partial charge in [0.1, 0.15) is 0 Å². The Kier molecular flexibility index (Phi) is 9.04. The maximum Gasteiger partial charge on any atom is -0.000137 e. The molecule has 8 aromatic rings. The van der Waals surface area contributed by atoms with E-state index >= 15 is 0 Å². The summed E-state index contributed by atoms with van der Waals surface area (Å²) in [5.41, 5.74) is 26.4. The fourth-order valence-electron chi connectivity index (χ4n) is 12.1. The zero-order valence-corrected chi connectivity index (χ0v) is 36.1. The van der Waals surface area contributed by atoms with E-state index in [1.807, 2.05) is 0 Å². The molecular formula is C63H50. The highest BCUT2D eigenvalue weighted by molar-refractivity contribution is 6.39. The molecule has 1 fully saturated rings. The molecule has 1 saturated carbocycles. The van der Waals surface area contributed by atoms with Gasteiger partial charge in [-0.1, -0.05) is 221 Å². The van der Waals surface area contributed by atoms with Gasteiger partial charge < -0.3 is 0 Å². The van der Waals surface area contributed by atoms with Crippen LogP contribution in [0.2, 0.25) is 0 Å². The van der Waals surface area contributed by atoms with Crippen molar-refractivity contribution in [2.75, 3.05) is 0 Å². The smallest absolute Gasteiger partial charge is 0.000137 e. The summed E-state index contributed by atoms with van der Waals surface area (Å²) in [5, 5.41) is 0. The van der Waals surface area contributed by atoms with Gasteiger partial charge in [-0.2, -0.15) is 0 Å². The van der Waals surface area contributed by atoms with Gasteiger partial charge in [-0.25, -0.2) is 0 Å². The summed E-state index contributed by atoms with van der Waals surface area (Å²) in [4.78, 5) is 0. The second-order valence-electron chi connectivity index (χ2n) is 18.6. The summed E-state index contributed by atoms with van der Waals surface area (Å²) in [5.74, 6) is 1.36. The Bertz CT molecular complexity index is 3130. The third kappa shape index (κ3) is 6.03. The van der Waals surface area contributed by atoms with Crippen molar-refractivity contribution in [3.05, 3.63) is 256 Å². The Hall–Kier alpha value is -7.02. The molecule has 63 heavy (non-hydrogen) atoms. The first-order chi connectivity index (χ1) is 31.1. The van der Waals surface area contributed by atoms with Crippen molar-refractivity contribution in [1.82, 2.24) is 0 Å². The van der Waals surface area contributed by atoms with Crippen LogP contribution in [0.5, 0.6) is 0 Å². The summed E-state index contributed by atoms with van der Waals surface area (Å²) >= 11 is 0. The van der Waals surface area contributed by atoms with Crippen molar-refractivity contribution in [2.45, 2.75) is 50.9 Å². The Morgan fingerprint density at radius 2 is 0.714 bits per heavy atom. The van der Waals surface area contributed by atoms with Crippen molar-refractivity contribution >= 4 is 27.9 Å². The SMILES string of the molecule is CC1(C)c2cccc(-c3ccc(C4=C5C(=C(c6ccccc6)c6cc(-c7ccccc7)c(-c7ccccc7)cc65)C(c5ccccc5)=C4c4ccccc4)cc3)c2C2CCCCC21. The minimum atomic E-state index is 0.198. The molecule has 0 aromatic heterocycles. The molecule has 8 aromatic carbocycles. The Balaban J connectivity index is 1.16. The zero-order chi connectivity index (χ0) is 42.1. The zero-order valence-electron chi connectivity index (χ0n) is 36.1. The molecule has 302 valence electrons. The highest BCUT2D eigenvalue weighted by Gasteiger charge is 2.48. The first-order valence-electron chi connectivity index (χ1n) is 23.0. The molecule has 0 saturated heterocycles. The molecule has 0 spiro atoms. The van der Waals surface area contributed by atoms with Gasteiger partial charge in [-0.15, -0.1) is 0 Å². The van der Waals surface area contributed by atoms with Crippen LogP contribution >= 0.6 is 0 Å². The number of rotatable bonds is 7. The molecule has 2 unspecified atom stereocenters. The van der Waals surface area contributed by atoms with Gasteiger partial charge in [-0.05, 0) is 154 Å². The van der Waals surface area contributed by atoms with E-state index in [0.29, 0.717) is 5.92 Å². The summed E-state index contributed by atoms with van der Waals surface area (Å²) in [7, 11) is 0. The predicted molar refractivity (Wildman–Crippen MR) is 266 cm³/mol. The first-order valence-corrected chi connectivity index (χ1v) is 23.0. The minimum absolute atomic E-state index is 0.198. The fourth-order valence-corrected chi connectivity index (χ4v) is 12.1. The molecule has 0 heterocycles. The Morgan fingerprint density at radius 3 is 1.25 bits per heavy atom. The van der Waals surface area contributed by atoms with E-state index in [-0.39, 0.29) is 5.41 Å². The fraction of sp³-hybridized carbons (Fsp3) is 0.143. The number of hydrogen-bond donors (Lipinski definition) is 0. The molecule has 4 aliphatic carbocycles. The van der Waals surface area contributed by atoms with Crippen molar-refractivity contribution in [3.8, 4) is 33.4 Å². The molecule has 0 aliphatic heterocycles. The highest BCUT2D eigenvalue weighted by atomic mass is 14.5. The molecule has 12 rings (SSSR count). The number of hydrogen-bond acceptors (Lipinski definition) is 0. The summed E-state index contributed by atoms with van der Waals surface area (Å²) in [6.45, 7) is 5.01. The number of fused-ring (bicyclic) bond motifs is 6. The lowest BCUT2D eigenvalue weighted by molar-refractivity contribution is 0.233. The minimum Gasteiger partial charge on any atom is -0.0622 e. The Morgan fingerprint density at radius 1 is 0.317 bits per heavy atom. The quantitative estimate of drug-likeness (QED) is 0.150. The van der Waals surface area contributed by atoms with Crippen LogP contribution < -0.4 is 0 Å². The monoisotopic (exact) mass is 806 g/mol. The van der Waals surface area contributed by atoms with Crippen molar-refractivity contribution in [2.24, 2.45) is 5.92 Å². The summed E-state index contributed by atoms with van der Waals surface area (Å²) in [6.07, 6.45) is 5.32. The summed E-state index contributed by atoms with van der Waals surface area (Å²) < 4.78 is 0. The van der Waals surface area contributed by atoms with Crippen LogP contribution in [0.3, 0.4) is 0 Å². The van der Waals surface area contributed by atoms with Crippen LogP contribution in [0.25, 0.3) is 61.2 Å². The lowest BCUT2D eigenvalue weighted by Crippen LogP contribution is -2.28. The molecule has 0 N–H and O–H groups in total. The molecule has 4 aliphatic rings. The van der Waals surface area contributed by atoms with Gasteiger partial charge in [0.05, 0.1) is 0 Å². The van der Waals surface area contributed by atoms with E-state index in [4.69, 9.17) is 0 Å². The molecular weight excluding hydrogens is 757 g/mol. The van der Waals surface area contributed by atoms with E-state index in [0.717, 1.165) is 5.92 Å². The second-order valence-corrected chi connectivity index (χ2v) is 18.6. The van der Waals surface area contributed by atoms with Crippen LogP contribution in [0.4, 0.5) is 0 Å². The summed E-state index contributed by atoms with van der Waals surface area (Å²) in [6, 6.07) is 77.2. The third-order valence-corrected chi connectivity index (χ3v) is 14.9. The first kappa shape index (κ1) is 37.7. The van der Waals surface area contributed by atoms with Crippen LogP contribution in [0.15, 0.2) is 212 Å². The van der Waals surface area contributed by atoms with Gasteiger partial charge in [0, 0.05) is 0 Å². The maximum absolute atomic E-state index is 2.51. The van der Waals surface area contributed by atoms with Crippen molar-refractivity contribution in [1.29, 1.82) is 0 Å². The topological polar surface area (TPSA) is 0 Å². The van der Waals surface area contributed by atoms with Gasteiger partial charge in [-0.3, -0.25) is 0 Å². The van der Waals surface area contributed by atoms with Gasteiger partial charge in [0.2, 0.25) is 0 Å². The average molecular weight is 807 g/mol. The molecule has 0 bridgehead atoms. The van der Waals surface area contributed by atoms with E-state index in [1.165, 1.54) is 126 Å². The third-order valence-electron chi connectivity index (χ3n) is 14.9. The molecule has 0 amide bonds.